The Bertz CT molecular complexity index is 1210. The Hall–Kier alpha value is -3.07. The van der Waals surface area contributed by atoms with Crippen LogP contribution in [0.15, 0.2) is 58.2 Å². The number of hydrogen-bond acceptors (Lipinski definition) is 5. The molecule has 2 amide bonds. The summed E-state index contributed by atoms with van der Waals surface area (Å²) in [6, 6.07) is 10.4. The van der Waals surface area contributed by atoms with Crippen LogP contribution in [-0.2, 0) is 32.5 Å². The number of likely N-dealkylation sites (tertiary alicyclic amines) is 1. The van der Waals surface area contributed by atoms with Crippen molar-refractivity contribution in [1.29, 1.82) is 0 Å². The van der Waals surface area contributed by atoms with Crippen molar-refractivity contribution >= 4 is 32.6 Å². The third-order valence-corrected chi connectivity index (χ3v) is 7.53. The summed E-state index contributed by atoms with van der Waals surface area (Å²) in [6.07, 6.45) is 4.92. The molecule has 170 valence electrons. The Morgan fingerprint density at radius 1 is 1.12 bits per heavy atom. The Morgan fingerprint density at radius 2 is 1.88 bits per heavy atom. The molecule has 0 radical (unpaired) electrons. The van der Waals surface area contributed by atoms with Crippen LogP contribution >= 0.6 is 0 Å². The second-order valence-corrected chi connectivity index (χ2v) is 10.3. The van der Waals surface area contributed by atoms with Gasteiger partial charge in [0.1, 0.15) is 18.1 Å². The second-order valence-electron chi connectivity index (χ2n) is 8.32. The minimum absolute atomic E-state index is 0.0298. The van der Waals surface area contributed by atoms with Crippen LogP contribution in [0.3, 0.4) is 0 Å². The van der Waals surface area contributed by atoms with E-state index in [1.807, 2.05) is 4.90 Å². The molecular formula is C23H27N3O5S. The highest BCUT2D eigenvalue weighted by Gasteiger charge is 2.26. The average Bonchev–Trinajstić information content (AvgIpc) is 3.41. The highest BCUT2D eigenvalue weighted by molar-refractivity contribution is 7.92. The molecule has 0 bridgehead atoms. The van der Waals surface area contributed by atoms with Crippen molar-refractivity contribution in [1.82, 2.24) is 14.8 Å². The molecule has 1 aliphatic rings. The van der Waals surface area contributed by atoms with Gasteiger partial charge in [0.15, 0.2) is 9.84 Å². The minimum atomic E-state index is -3.91. The number of furan rings is 1. The van der Waals surface area contributed by atoms with Crippen LogP contribution in [0.1, 0.15) is 25.5 Å². The number of sulfone groups is 1. The molecule has 3 heterocycles. The molecule has 1 N–H and O–H groups in total. The van der Waals surface area contributed by atoms with E-state index in [-0.39, 0.29) is 23.9 Å². The molecule has 0 atom stereocenters. The van der Waals surface area contributed by atoms with E-state index in [9.17, 15) is 18.0 Å². The van der Waals surface area contributed by atoms with Gasteiger partial charge in [-0.05, 0) is 37.0 Å². The quantitative estimate of drug-likeness (QED) is 0.588. The molecule has 1 saturated heterocycles. The maximum atomic E-state index is 13.1. The zero-order valence-corrected chi connectivity index (χ0v) is 18.8. The Kier molecular flexibility index (Phi) is 6.36. The Balaban J connectivity index is 1.52. The summed E-state index contributed by atoms with van der Waals surface area (Å²) in [5.74, 6) is -0.172. The number of rotatable bonds is 7. The SMILES string of the molecule is CC1CCN(C(=O)Cn2cc(S(=O)(=O)CC(=O)NCc3ccco3)c3ccccc32)CC1. The van der Waals surface area contributed by atoms with Gasteiger partial charge in [0.25, 0.3) is 0 Å². The van der Waals surface area contributed by atoms with Crippen molar-refractivity contribution in [2.75, 3.05) is 18.8 Å². The van der Waals surface area contributed by atoms with Gasteiger partial charge in [-0.15, -0.1) is 0 Å². The number of nitrogens with zero attached hydrogens (tertiary/aromatic N) is 2. The van der Waals surface area contributed by atoms with E-state index in [1.165, 1.54) is 12.5 Å². The molecule has 9 heteroatoms. The molecule has 4 rings (SSSR count). The van der Waals surface area contributed by atoms with E-state index in [4.69, 9.17) is 4.42 Å². The van der Waals surface area contributed by atoms with E-state index in [2.05, 4.69) is 12.2 Å². The van der Waals surface area contributed by atoms with Gasteiger partial charge >= 0.3 is 0 Å². The van der Waals surface area contributed by atoms with Gasteiger partial charge in [-0.3, -0.25) is 9.59 Å². The molecule has 1 aliphatic heterocycles. The van der Waals surface area contributed by atoms with Crippen LogP contribution in [-0.4, -0.2) is 48.5 Å². The standard InChI is InChI=1S/C23H27N3O5S/c1-17-8-10-25(11-9-17)23(28)15-26-14-21(19-6-2-3-7-20(19)26)32(29,30)16-22(27)24-13-18-5-4-12-31-18/h2-7,12,14,17H,8-11,13,15-16H2,1H3,(H,24,27). The third kappa shape index (κ3) is 4.88. The first-order valence-electron chi connectivity index (χ1n) is 10.7. The molecule has 0 saturated carbocycles. The number of fused-ring (bicyclic) bond motifs is 1. The van der Waals surface area contributed by atoms with Crippen LogP contribution in [0, 0.1) is 5.92 Å². The summed E-state index contributed by atoms with van der Waals surface area (Å²) < 4.78 is 32.9. The van der Waals surface area contributed by atoms with E-state index in [0.29, 0.717) is 22.6 Å². The van der Waals surface area contributed by atoms with Crippen molar-refractivity contribution < 1.29 is 22.4 Å². The Morgan fingerprint density at radius 3 is 2.59 bits per heavy atom. The highest BCUT2D eigenvalue weighted by atomic mass is 32.2. The predicted octanol–water partition coefficient (Wildman–Crippen LogP) is 2.58. The molecule has 0 spiro atoms. The molecule has 8 nitrogen and oxygen atoms in total. The first-order chi connectivity index (χ1) is 15.3. The number of amides is 2. The third-order valence-electron chi connectivity index (χ3n) is 5.89. The smallest absolute Gasteiger partial charge is 0.242 e. The molecule has 1 aromatic carbocycles. The van der Waals surface area contributed by atoms with Crippen LogP contribution in [0.4, 0.5) is 0 Å². The molecule has 0 unspecified atom stereocenters. The van der Waals surface area contributed by atoms with E-state index >= 15 is 0 Å². The lowest BCUT2D eigenvalue weighted by Gasteiger charge is -2.30. The fourth-order valence-electron chi connectivity index (χ4n) is 4.00. The van der Waals surface area contributed by atoms with Crippen molar-refractivity contribution in [3.63, 3.8) is 0 Å². The van der Waals surface area contributed by atoms with Crippen molar-refractivity contribution in [2.45, 2.75) is 37.8 Å². The summed E-state index contributed by atoms with van der Waals surface area (Å²) >= 11 is 0. The first kappa shape index (κ1) is 22.1. The summed E-state index contributed by atoms with van der Waals surface area (Å²) in [7, 11) is -3.91. The van der Waals surface area contributed by atoms with Crippen molar-refractivity contribution in [3.8, 4) is 0 Å². The Labute approximate surface area is 187 Å². The number of carbonyl (C=O) groups is 2. The van der Waals surface area contributed by atoms with E-state index in [0.717, 1.165) is 25.9 Å². The van der Waals surface area contributed by atoms with Gasteiger partial charge in [-0.25, -0.2) is 8.42 Å². The normalized spacial score (nSPS) is 15.2. The number of aromatic nitrogens is 1. The number of nitrogens with one attached hydrogen (secondary N) is 1. The zero-order chi connectivity index (χ0) is 22.7. The van der Waals surface area contributed by atoms with Crippen LogP contribution in [0.2, 0.25) is 0 Å². The molecule has 32 heavy (non-hydrogen) atoms. The number of hydrogen-bond donors (Lipinski definition) is 1. The van der Waals surface area contributed by atoms with Gasteiger partial charge < -0.3 is 19.2 Å². The van der Waals surface area contributed by atoms with Gasteiger partial charge in [-0.2, -0.15) is 0 Å². The number of benzene rings is 1. The second kappa shape index (κ2) is 9.20. The lowest BCUT2D eigenvalue weighted by atomic mass is 9.99. The molecule has 0 aliphatic carbocycles. The number of piperidine rings is 1. The molecule has 1 fully saturated rings. The predicted molar refractivity (Wildman–Crippen MR) is 120 cm³/mol. The van der Waals surface area contributed by atoms with Crippen molar-refractivity contribution in [2.24, 2.45) is 5.92 Å². The molecular weight excluding hydrogens is 430 g/mol. The number of para-hydroxylation sites is 1. The first-order valence-corrected chi connectivity index (χ1v) is 12.4. The fourth-order valence-corrected chi connectivity index (χ4v) is 5.39. The minimum Gasteiger partial charge on any atom is -0.467 e. The average molecular weight is 458 g/mol. The topological polar surface area (TPSA) is 102 Å². The van der Waals surface area contributed by atoms with Crippen LogP contribution in [0.25, 0.3) is 10.9 Å². The summed E-state index contributed by atoms with van der Waals surface area (Å²) in [6.45, 7) is 3.81. The lowest BCUT2D eigenvalue weighted by Crippen LogP contribution is -2.39. The van der Waals surface area contributed by atoms with Crippen molar-refractivity contribution in [3.05, 3.63) is 54.6 Å². The zero-order valence-electron chi connectivity index (χ0n) is 18.0. The largest absolute Gasteiger partial charge is 0.467 e. The maximum Gasteiger partial charge on any atom is 0.242 e. The van der Waals surface area contributed by atoms with Crippen LogP contribution < -0.4 is 5.32 Å². The van der Waals surface area contributed by atoms with E-state index < -0.39 is 21.5 Å². The summed E-state index contributed by atoms with van der Waals surface area (Å²) in [4.78, 5) is 27.0. The van der Waals surface area contributed by atoms with E-state index in [1.54, 1.807) is 41.0 Å². The lowest BCUT2D eigenvalue weighted by molar-refractivity contribution is -0.133. The fraction of sp³-hybridized carbons (Fsp3) is 0.391. The van der Waals surface area contributed by atoms with Gasteiger partial charge in [-0.1, -0.05) is 25.1 Å². The maximum absolute atomic E-state index is 13.1. The number of carbonyl (C=O) groups excluding carboxylic acids is 2. The molecule has 2 aromatic heterocycles. The summed E-state index contributed by atoms with van der Waals surface area (Å²) in [5, 5.41) is 3.07. The highest BCUT2D eigenvalue weighted by Crippen LogP contribution is 2.27. The van der Waals surface area contributed by atoms with Gasteiger partial charge in [0.2, 0.25) is 11.8 Å². The van der Waals surface area contributed by atoms with Crippen LogP contribution in [0.5, 0.6) is 0 Å². The summed E-state index contributed by atoms with van der Waals surface area (Å²) in [5.41, 5.74) is 0.654. The van der Waals surface area contributed by atoms with Gasteiger partial charge in [0, 0.05) is 30.2 Å². The van der Waals surface area contributed by atoms with Gasteiger partial charge in [0.05, 0.1) is 17.7 Å². The monoisotopic (exact) mass is 457 g/mol. The molecule has 3 aromatic rings.